The second-order valence-corrected chi connectivity index (χ2v) is 6.78. The van der Waals surface area contributed by atoms with Crippen LogP contribution in [0.15, 0.2) is 36.5 Å². The Hall–Kier alpha value is -3.12. The number of amides is 2. The normalized spacial score (nSPS) is 13.0. The smallest absolute Gasteiger partial charge is 0.302 e. The molecule has 0 spiro atoms. The third-order valence-electron chi connectivity index (χ3n) is 4.63. The molecule has 0 bridgehead atoms. The van der Waals surface area contributed by atoms with Crippen LogP contribution < -0.4 is 5.32 Å². The summed E-state index contributed by atoms with van der Waals surface area (Å²) in [6.07, 6.45) is 1.79. The summed E-state index contributed by atoms with van der Waals surface area (Å²) in [6, 6.07) is 9.01. The van der Waals surface area contributed by atoms with E-state index >= 15 is 0 Å². The van der Waals surface area contributed by atoms with Crippen LogP contribution in [0.25, 0.3) is 22.0 Å². The number of esters is 1. The molecule has 0 unspecified atom stereocenters. The number of imide groups is 1. The summed E-state index contributed by atoms with van der Waals surface area (Å²) >= 11 is 6.34. The molecule has 0 radical (unpaired) electrons. The van der Waals surface area contributed by atoms with Gasteiger partial charge in [-0.2, -0.15) is 0 Å². The average Bonchev–Trinajstić information content (AvgIpc) is 3.10. The van der Waals surface area contributed by atoms with E-state index in [2.05, 4.69) is 5.32 Å². The minimum atomic E-state index is -0.468. The largest absolute Gasteiger partial charge is 0.461 e. The van der Waals surface area contributed by atoms with Crippen molar-refractivity contribution >= 4 is 40.3 Å². The molecule has 7 heteroatoms. The van der Waals surface area contributed by atoms with Crippen molar-refractivity contribution < 1.29 is 19.1 Å². The zero-order valence-corrected chi connectivity index (χ0v) is 15.4. The molecule has 1 N–H and O–H groups in total. The number of rotatable bonds is 3. The van der Waals surface area contributed by atoms with Gasteiger partial charge in [0, 0.05) is 47.2 Å². The zero-order valence-electron chi connectivity index (χ0n) is 14.6. The number of fused-ring (bicyclic) bond motifs is 3. The van der Waals surface area contributed by atoms with Gasteiger partial charge in [-0.3, -0.25) is 19.7 Å². The van der Waals surface area contributed by atoms with E-state index in [-0.39, 0.29) is 17.7 Å². The Kier molecular flexibility index (Phi) is 4.00. The minimum absolute atomic E-state index is 0.0199. The highest BCUT2D eigenvalue weighted by Crippen LogP contribution is 2.39. The van der Waals surface area contributed by atoms with Crippen LogP contribution in [0.5, 0.6) is 0 Å². The lowest BCUT2D eigenvalue weighted by molar-refractivity contribution is -0.142. The molecule has 0 saturated heterocycles. The Labute approximate surface area is 159 Å². The van der Waals surface area contributed by atoms with Gasteiger partial charge in [-0.05, 0) is 17.7 Å². The molecule has 1 aromatic heterocycles. The van der Waals surface area contributed by atoms with Gasteiger partial charge in [-0.25, -0.2) is 0 Å². The Bertz CT molecular complexity index is 1150. The van der Waals surface area contributed by atoms with Gasteiger partial charge < -0.3 is 9.30 Å². The van der Waals surface area contributed by atoms with E-state index in [4.69, 9.17) is 16.3 Å². The lowest BCUT2D eigenvalue weighted by atomic mass is 9.92. The number of ether oxygens (including phenoxy) is 1. The number of aryl methyl sites for hydroxylation is 1. The number of carbonyl (C=O) groups is 3. The van der Waals surface area contributed by atoms with Crippen LogP contribution >= 0.6 is 11.6 Å². The first-order chi connectivity index (χ1) is 12.9. The Balaban J connectivity index is 2.06. The van der Waals surface area contributed by atoms with Crippen LogP contribution in [0.3, 0.4) is 0 Å². The van der Waals surface area contributed by atoms with Crippen LogP contribution in [0.1, 0.15) is 33.2 Å². The Morgan fingerprint density at radius 2 is 1.85 bits per heavy atom. The maximum atomic E-state index is 12.6. The van der Waals surface area contributed by atoms with E-state index in [0.717, 1.165) is 5.52 Å². The number of halogens is 1. The molecule has 27 heavy (non-hydrogen) atoms. The third-order valence-corrected chi connectivity index (χ3v) is 4.96. The SMILES string of the molecule is CC(=O)OCc1cn(C)c2cc(-c3ccccc3Cl)c3c(c12)C(=O)NC3=O. The van der Waals surface area contributed by atoms with Crippen LogP contribution in [0, 0.1) is 0 Å². The maximum Gasteiger partial charge on any atom is 0.302 e. The van der Waals surface area contributed by atoms with Gasteiger partial charge in [-0.15, -0.1) is 0 Å². The summed E-state index contributed by atoms with van der Waals surface area (Å²) in [4.78, 5) is 36.3. The maximum absolute atomic E-state index is 12.6. The number of benzene rings is 2. The summed E-state index contributed by atoms with van der Waals surface area (Å²) < 4.78 is 6.95. The summed E-state index contributed by atoms with van der Waals surface area (Å²) in [6.45, 7) is 1.34. The second kappa shape index (κ2) is 6.25. The van der Waals surface area contributed by atoms with E-state index in [0.29, 0.717) is 27.1 Å². The predicted molar refractivity (Wildman–Crippen MR) is 101 cm³/mol. The van der Waals surface area contributed by atoms with Crippen LogP contribution in [0.2, 0.25) is 5.02 Å². The first-order valence-corrected chi connectivity index (χ1v) is 8.65. The fraction of sp³-hybridized carbons (Fsp3) is 0.150. The lowest BCUT2D eigenvalue weighted by Crippen LogP contribution is -2.20. The molecule has 4 rings (SSSR count). The van der Waals surface area contributed by atoms with Crippen molar-refractivity contribution in [1.82, 2.24) is 9.88 Å². The molecule has 0 fully saturated rings. The van der Waals surface area contributed by atoms with E-state index in [1.165, 1.54) is 6.92 Å². The molecule has 6 nitrogen and oxygen atoms in total. The molecule has 0 aliphatic carbocycles. The van der Waals surface area contributed by atoms with Crippen LogP contribution in [0.4, 0.5) is 0 Å². The van der Waals surface area contributed by atoms with Crippen molar-refractivity contribution in [3.63, 3.8) is 0 Å². The van der Waals surface area contributed by atoms with Gasteiger partial charge in [0.15, 0.2) is 0 Å². The lowest BCUT2D eigenvalue weighted by Gasteiger charge is -2.11. The monoisotopic (exact) mass is 382 g/mol. The Morgan fingerprint density at radius 3 is 2.56 bits per heavy atom. The average molecular weight is 383 g/mol. The van der Waals surface area contributed by atoms with Crippen molar-refractivity contribution in [1.29, 1.82) is 0 Å². The molecule has 2 aromatic carbocycles. The third kappa shape index (κ3) is 2.69. The van der Waals surface area contributed by atoms with Gasteiger partial charge in [0.2, 0.25) is 0 Å². The molecule has 136 valence electrons. The highest BCUT2D eigenvalue weighted by Gasteiger charge is 2.34. The van der Waals surface area contributed by atoms with Gasteiger partial charge >= 0.3 is 5.97 Å². The molecule has 1 aliphatic heterocycles. The van der Waals surface area contributed by atoms with Gasteiger partial charge in [0.25, 0.3) is 11.8 Å². The molecule has 2 amide bonds. The van der Waals surface area contributed by atoms with Gasteiger partial charge in [0.05, 0.1) is 11.1 Å². The van der Waals surface area contributed by atoms with Crippen LogP contribution in [-0.2, 0) is 23.2 Å². The highest BCUT2D eigenvalue weighted by atomic mass is 35.5. The molecule has 1 aliphatic rings. The fourth-order valence-corrected chi connectivity index (χ4v) is 3.75. The summed E-state index contributed by atoms with van der Waals surface area (Å²) in [5.41, 5.74) is 3.24. The summed E-state index contributed by atoms with van der Waals surface area (Å²) in [5, 5.41) is 3.46. The molecule has 0 saturated carbocycles. The van der Waals surface area contributed by atoms with E-state index < -0.39 is 17.8 Å². The van der Waals surface area contributed by atoms with E-state index in [9.17, 15) is 14.4 Å². The molecule has 2 heterocycles. The number of nitrogens with zero attached hydrogens (tertiary/aromatic N) is 1. The minimum Gasteiger partial charge on any atom is -0.461 e. The van der Waals surface area contributed by atoms with Crippen LogP contribution in [-0.4, -0.2) is 22.4 Å². The number of nitrogens with one attached hydrogen (secondary N) is 1. The number of carbonyl (C=O) groups excluding carboxylic acids is 3. The predicted octanol–water partition coefficient (Wildman–Crippen LogP) is 3.45. The fourth-order valence-electron chi connectivity index (χ4n) is 3.51. The van der Waals surface area contributed by atoms with Crippen molar-refractivity contribution in [2.24, 2.45) is 7.05 Å². The molecular weight excluding hydrogens is 368 g/mol. The van der Waals surface area contributed by atoms with E-state index in [1.807, 2.05) is 29.8 Å². The van der Waals surface area contributed by atoms with Gasteiger partial charge in [-0.1, -0.05) is 29.8 Å². The molecular formula is C20H15ClN2O4. The number of aromatic nitrogens is 1. The molecule has 3 aromatic rings. The van der Waals surface area contributed by atoms with Crippen molar-refractivity contribution in [2.75, 3.05) is 0 Å². The van der Waals surface area contributed by atoms with Crippen molar-refractivity contribution in [3.05, 3.63) is 58.2 Å². The first-order valence-electron chi connectivity index (χ1n) is 8.27. The first kappa shape index (κ1) is 17.3. The van der Waals surface area contributed by atoms with E-state index in [1.54, 1.807) is 18.3 Å². The summed E-state index contributed by atoms with van der Waals surface area (Å²) in [7, 11) is 1.83. The number of hydrogen-bond donors (Lipinski definition) is 1. The second-order valence-electron chi connectivity index (χ2n) is 6.38. The highest BCUT2D eigenvalue weighted by molar-refractivity contribution is 6.35. The molecule has 0 atom stereocenters. The quantitative estimate of drug-likeness (QED) is 0.556. The Morgan fingerprint density at radius 1 is 1.15 bits per heavy atom. The van der Waals surface area contributed by atoms with Crippen molar-refractivity contribution in [3.8, 4) is 11.1 Å². The van der Waals surface area contributed by atoms with Crippen molar-refractivity contribution in [2.45, 2.75) is 13.5 Å². The summed E-state index contributed by atoms with van der Waals surface area (Å²) in [5.74, 6) is -1.35. The zero-order chi connectivity index (χ0) is 19.3. The standard InChI is InChI=1S/C20H15ClN2O4/c1-10(24)27-9-11-8-23(2)15-7-13(12-5-3-4-6-14(12)21)17-18(16(11)15)20(26)22-19(17)25/h3-8H,9H2,1-2H3,(H,22,25,26). The topological polar surface area (TPSA) is 77.4 Å². The number of hydrogen-bond acceptors (Lipinski definition) is 4. The van der Waals surface area contributed by atoms with Gasteiger partial charge in [0.1, 0.15) is 6.61 Å².